The first-order chi connectivity index (χ1) is 8.30. The third-order valence-electron chi connectivity index (χ3n) is 2.79. The van der Waals surface area contributed by atoms with Crippen LogP contribution in [-0.4, -0.2) is 17.1 Å². The highest BCUT2D eigenvalue weighted by molar-refractivity contribution is 5.73. The van der Waals surface area contributed by atoms with Crippen molar-refractivity contribution in [3.63, 3.8) is 0 Å². The number of carbonyl (C=O) groups is 1. The van der Waals surface area contributed by atoms with Crippen LogP contribution >= 0.6 is 0 Å². The van der Waals surface area contributed by atoms with Crippen molar-refractivity contribution in [2.75, 3.05) is 0 Å². The number of hydrogen-bond donors (Lipinski definition) is 2. The summed E-state index contributed by atoms with van der Waals surface area (Å²) < 4.78 is 0. The summed E-state index contributed by atoms with van der Waals surface area (Å²) in [5.41, 5.74) is 7.89. The lowest BCUT2D eigenvalue weighted by molar-refractivity contribution is -0.138. The molecule has 0 unspecified atom stereocenters. The largest absolute Gasteiger partial charge is 0.480 e. The highest BCUT2D eigenvalue weighted by Gasteiger charge is 2.12. The van der Waals surface area contributed by atoms with Gasteiger partial charge in [0.2, 0.25) is 0 Å². The van der Waals surface area contributed by atoms with Gasteiger partial charge in [0.1, 0.15) is 6.04 Å². The number of nitrogens with two attached hydrogens (primary N) is 1. The molecule has 0 fully saturated rings. The molecule has 18 heavy (non-hydrogen) atoms. The van der Waals surface area contributed by atoms with Gasteiger partial charge in [-0.25, -0.2) is 0 Å². The first kappa shape index (κ1) is 14.5. The van der Waals surface area contributed by atoms with E-state index in [0.717, 1.165) is 5.56 Å². The van der Waals surface area contributed by atoms with E-state index in [9.17, 15) is 4.79 Å². The Morgan fingerprint density at radius 2 is 1.89 bits per heavy atom. The van der Waals surface area contributed by atoms with Crippen molar-refractivity contribution >= 4 is 12.0 Å². The van der Waals surface area contributed by atoms with Crippen LogP contribution in [0.25, 0.3) is 6.08 Å². The van der Waals surface area contributed by atoms with Gasteiger partial charge in [-0.05, 0) is 23.0 Å². The van der Waals surface area contributed by atoms with Gasteiger partial charge >= 0.3 is 5.97 Å². The first-order valence-electron chi connectivity index (χ1n) is 6.06. The summed E-state index contributed by atoms with van der Waals surface area (Å²) >= 11 is 0. The van der Waals surface area contributed by atoms with Crippen molar-refractivity contribution < 1.29 is 9.90 Å². The molecule has 1 rings (SSSR count). The van der Waals surface area contributed by atoms with E-state index in [1.807, 2.05) is 18.2 Å². The second kappa shape index (κ2) is 5.83. The number of carboxylic acids is 1. The quantitative estimate of drug-likeness (QED) is 0.860. The molecular weight excluding hydrogens is 226 g/mol. The van der Waals surface area contributed by atoms with Gasteiger partial charge < -0.3 is 10.8 Å². The summed E-state index contributed by atoms with van der Waals surface area (Å²) in [4.78, 5) is 10.5. The van der Waals surface area contributed by atoms with Crippen molar-refractivity contribution in [2.24, 2.45) is 5.73 Å². The van der Waals surface area contributed by atoms with E-state index in [2.05, 4.69) is 32.9 Å². The van der Waals surface area contributed by atoms with E-state index >= 15 is 0 Å². The van der Waals surface area contributed by atoms with E-state index in [1.54, 1.807) is 6.08 Å². The molecular formula is C15H21NO2. The van der Waals surface area contributed by atoms with Crippen LogP contribution in [0.4, 0.5) is 0 Å². The third kappa shape index (κ3) is 4.34. The molecule has 0 heterocycles. The Morgan fingerprint density at radius 1 is 1.33 bits per heavy atom. The molecule has 0 bridgehead atoms. The molecule has 0 aliphatic rings. The Kier molecular flexibility index (Phi) is 4.68. The number of hydrogen-bond acceptors (Lipinski definition) is 2. The normalized spacial score (nSPS) is 13.8. The Balaban J connectivity index is 2.64. The number of carboxylic acid groups (broad SMARTS) is 1. The molecule has 0 amide bonds. The molecule has 0 spiro atoms. The molecule has 0 saturated heterocycles. The monoisotopic (exact) mass is 247 g/mol. The van der Waals surface area contributed by atoms with E-state index < -0.39 is 12.0 Å². The molecule has 1 atom stereocenters. The van der Waals surface area contributed by atoms with Gasteiger partial charge in [0.15, 0.2) is 0 Å². The van der Waals surface area contributed by atoms with E-state index in [-0.39, 0.29) is 5.41 Å². The minimum Gasteiger partial charge on any atom is -0.480 e. The standard InChI is InChI=1S/C15H21NO2/c1-15(2,3)12-9-7-11(8-10-12)5-4-6-13(16)14(17)18/h4-5,7-10,13H,6,16H2,1-3H3,(H,17,18)/b5-4+/t13-/m0/s1. The summed E-state index contributed by atoms with van der Waals surface area (Å²) in [6.07, 6.45) is 4.04. The molecule has 3 N–H and O–H groups in total. The fraction of sp³-hybridized carbons (Fsp3) is 0.400. The highest BCUT2D eigenvalue weighted by atomic mass is 16.4. The van der Waals surface area contributed by atoms with Crippen LogP contribution in [0.15, 0.2) is 30.3 Å². The second-order valence-corrected chi connectivity index (χ2v) is 5.45. The Bertz CT molecular complexity index is 427. The highest BCUT2D eigenvalue weighted by Crippen LogP contribution is 2.22. The van der Waals surface area contributed by atoms with Crippen molar-refractivity contribution in [2.45, 2.75) is 38.6 Å². The third-order valence-corrected chi connectivity index (χ3v) is 2.79. The van der Waals surface area contributed by atoms with Gasteiger partial charge in [0, 0.05) is 0 Å². The predicted molar refractivity (Wildman–Crippen MR) is 74.4 cm³/mol. The van der Waals surface area contributed by atoms with Crippen molar-refractivity contribution in [3.8, 4) is 0 Å². The molecule has 0 saturated carbocycles. The average molecular weight is 247 g/mol. The predicted octanol–water partition coefficient (Wildman–Crippen LogP) is 2.80. The van der Waals surface area contributed by atoms with Gasteiger partial charge in [0.25, 0.3) is 0 Å². The lowest BCUT2D eigenvalue weighted by atomic mass is 9.87. The van der Waals surface area contributed by atoms with Crippen LogP contribution in [0.2, 0.25) is 0 Å². The van der Waals surface area contributed by atoms with Crippen LogP contribution in [0.5, 0.6) is 0 Å². The molecule has 3 heteroatoms. The lowest BCUT2D eigenvalue weighted by Gasteiger charge is -2.18. The van der Waals surface area contributed by atoms with E-state index in [0.29, 0.717) is 6.42 Å². The van der Waals surface area contributed by atoms with E-state index in [1.165, 1.54) is 5.56 Å². The zero-order valence-electron chi connectivity index (χ0n) is 11.2. The fourth-order valence-corrected chi connectivity index (χ4v) is 1.55. The van der Waals surface area contributed by atoms with Crippen LogP contribution in [-0.2, 0) is 10.2 Å². The molecule has 0 radical (unpaired) electrons. The summed E-state index contributed by atoms with van der Waals surface area (Å²) in [6.45, 7) is 6.51. The summed E-state index contributed by atoms with van der Waals surface area (Å²) in [5, 5.41) is 8.65. The second-order valence-electron chi connectivity index (χ2n) is 5.45. The smallest absolute Gasteiger partial charge is 0.320 e. The van der Waals surface area contributed by atoms with Gasteiger partial charge in [-0.1, -0.05) is 57.2 Å². The number of aliphatic carboxylic acids is 1. The fourth-order valence-electron chi connectivity index (χ4n) is 1.55. The zero-order chi connectivity index (χ0) is 13.8. The topological polar surface area (TPSA) is 63.3 Å². The molecule has 1 aromatic rings. The Morgan fingerprint density at radius 3 is 2.33 bits per heavy atom. The molecule has 1 aromatic carbocycles. The average Bonchev–Trinajstić information content (AvgIpc) is 2.28. The van der Waals surface area contributed by atoms with Crippen molar-refractivity contribution in [1.29, 1.82) is 0 Å². The Hall–Kier alpha value is -1.61. The van der Waals surface area contributed by atoms with E-state index in [4.69, 9.17) is 10.8 Å². The zero-order valence-corrected chi connectivity index (χ0v) is 11.2. The summed E-state index contributed by atoms with van der Waals surface area (Å²) in [6, 6.07) is 7.43. The van der Waals surface area contributed by atoms with Crippen LogP contribution in [0.3, 0.4) is 0 Å². The van der Waals surface area contributed by atoms with Crippen molar-refractivity contribution in [1.82, 2.24) is 0 Å². The maximum absolute atomic E-state index is 10.5. The van der Waals surface area contributed by atoms with Gasteiger partial charge in [0.05, 0.1) is 0 Å². The number of rotatable bonds is 4. The van der Waals surface area contributed by atoms with Crippen LogP contribution in [0, 0.1) is 0 Å². The van der Waals surface area contributed by atoms with Crippen LogP contribution in [0.1, 0.15) is 38.3 Å². The van der Waals surface area contributed by atoms with Gasteiger partial charge in [-0.3, -0.25) is 4.79 Å². The summed E-state index contributed by atoms with van der Waals surface area (Å²) in [5.74, 6) is -0.970. The van der Waals surface area contributed by atoms with Crippen molar-refractivity contribution in [3.05, 3.63) is 41.5 Å². The molecule has 0 aliphatic heterocycles. The van der Waals surface area contributed by atoms with Gasteiger partial charge in [-0.2, -0.15) is 0 Å². The molecule has 0 aromatic heterocycles. The lowest BCUT2D eigenvalue weighted by Crippen LogP contribution is -2.29. The van der Waals surface area contributed by atoms with Crippen LogP contribution < -0.4 is 5.73 Å². The minimum atomic E-state index is -0.970. The number of benzene rings is 1. The van der Waals surface area contributed by atoms with Gasteiger partial charge in [-0.15, -0.1) is 0 Å². The maximum Gasteiger partial charge on any atom is 0.320 e. The first-order valence-corrected chi connectivity index (χ1v) is 6.06. The minimum absolute atomic E-state index is 0.147. The molecule has 0 aliphatic carbocycles. The molecule has 3 nitrogen and oxygen atoms in total. The maximum atomic E-state index is 10.5. The molecule has 98 valence electrons. The summed E-state index contributed by atoms with van der Waals surface area (Å²) in [7, 11) is 0. The Labute approximate surface area is 108 Å². The SMILES string of the molecule is CC(C)(C)c1ccc(/C=C/C[C@H](N)C(=O)O)cc1.